The second-order valence-electron chi connectivity index (χ2n) is 4.02. The molecule has 0 unspecified atom stereocenters. The quantitative estimate of drug-likeness (QED) is 0.573. The SMILES string of the molecule is CCOC(=O)NC(=O)/C(C#N)=C\NN1CCCCC1. The molecule has 104 valence electrons. The monoisotopic (exact) mass is 266 g/mol. The van der Waals surface area contributed by atoms with Gasteiger partial charge in [0, 0.05) is 19.3 Å². The summed E-state index contributed by atoms with van der Waals surface area (Å²) in [6, 6.07) is 1.74. The highest BCUT2D eigenvalue weighted by atomic mass is 16.5. The standard InChI is InChI=1S/C12H18N4O3/c1-2-19-12(18)15-11(17)10(8-13)9-14-16-6-4-3-5-7-16/h9,14H,2-7H2,1H3,(H,15,17,18)/b10-9-. The zero-order valence-electron chi connectivity index (χ0n) is 10.9. The average molecular weight is 266 g/mol. The lowest BCUT2D eigenvalue weighted by Gasteiger charge is -2.26. The van der Waals surface area contributed by atoms with Gasteiger partial charge in [-0.05, 0) is 19.8 Å². The van der Waals surface area contributed by atoms with Gasteiger partial charge in [-0.2, -0.15) is 5.26 Å². The van der Waals surface area contributed by atoms with Gasteiger partial charge < -0.3 is 10.2 Å². The molecule has 0 atom stereocenters. The average Bonchev–Trinajstić information content (AvgIpc) is 2.40. The van der Waals surface area contributed by atoms with Crippen LogP contribution in [0.1, 0.15) is 26.2 Å². The van der Waals surface area contributed by atoms with Gasteiger partial charge in [-0.25, -0.2) is 9.80 Å². The zero-order chi connectivity index (χ0) is 14.1. The Kier molecular flexibility index (Phi) is 6.39. The van der Waals surface area contributed by atoms with Gasteiger partial charge in [-0.1, -0.05) is 6.42 Å². The number of carbonyl (C=O) groups excluding carboxylic acids is 2. The molecule has 0 radical (unpaired) electrons. The van der Waals surface area contributed by atoms with Crippen molar-refractivity contribution in [2.75, 3.05) is 19.7 Å². The van der Waals surface area contributed by atoms with Crippen molar-refractivity contribution in [3.8, 4) is 6.07 Å². The predicted molar refractivity (Wildman–Crippen MR) is 67.4 cm³/mol. The van der Waals surface area contributed by atoms with Crippen LogP contribution in [-0.2, 0) is 9.53 Å². The first-order valence-corrected chi connectivity index (χ1v) is 6.27. The van der Waals surface area contributed by atoms with Crippen LogP contribution in [0, 0.1) is 11.3 Å². The predicted octanol–water partition coefficient (Wildman–Crippen LogP) is 0.657. The van der Waals surface area contributed by atoms with Gasteiger partial charge in [0.1, 0.15) is 11.6 Å². The molecule has 0 spiro atoms. The van der Waals surface area contributed by atoms with E-state index in [9.17, 15) is 9.59 Å². The molecule has 0 aliphatic carbocycles. The topological polar surface area (TPSA) is 94.5 Å². The molecular formula is C12H18N4O3. The van der Waals surface area contributed by atoms with E-state index in [0.29, 0.717) is 0 Å². The molecule has 7 heteroatoms. The van der Waals surface area contributed by atoms with E-state index in [1.54, 1.807) is 13.0 Å². The van der Waals surface area contributed by atoms with Crippen molar-refractivity contribution in [3.05, 3.63) is 11.8 Å². The molecule has 0 aromatic rings. The molecule has 0 aromatic carbocycles. The Morgan fingerprint density at radius 1 is 1.37 bits per heavy atom. The van der Waals surface area contributed by atoms with Crippen molar-refractivity contribution >= 4 is 12.0 Å². The number of rotatable bonds is 4. The Balaban J connectivity index is 2.48. The highest BCUT2D eigenvalue weighted by Crippen LogP contribution is 2.06. The molecule has 19 heavy (non-hydrogen) atoms. The number of hydrogen-bond donors (Lipinski definition) is 2. The van der Waals surface area contributed by atoms with Gasteiger partial charge in [0.2, 0.25) is 0 Å². The van der Waals surface area contributed by atoms with E-state index < -0.39 is 12.0 Å². The summed E-state index contributed by atoms with van der Waals surface area (Å²) in [5, 5.41) is 12.8. The Labute approximate surface area is 112 Å². The first-order chi connectivity index (χ1) is 9.17. The van der Waals surface area contributed by atoms with Crippen LogP contribution in [0.25, 0.3) is 0 Å². The molecule has 0 saturated carbocycles. The minimum absolute atomic E-state index is 0.163. The summed E-state index contributed by atoms with van der Waals surface area (Å²) in [5.41, 5.74) is 2.73. The molecule has 2 amide bonds. The number of hydrogen-bond acceptors (Lipinski definition) is 6. The maximum absolute atomic E-state index is 11.6. The van der Waals surface area contributed by atoms with Crippen molar-refractivity contribution in [3.63, 3.8) is 0 Å². The molecule has 0 aromatic heterocycles. The van der Waals surface area contributed by atoms with Crippen LogP contribution in [0.15, 0.2) is 11.8 Å². The molecular weight excluding hydrogens is 248 g/mol. The highest BCUT2D eigenvalue weighted by Gasteiger charge is 2.14. The third-order valence-corrected chi connectivity index (χ3v) is 2.60. The Hall–Kier alpha value is -2.07. The van der Waals surface area contributed by atoms with E-state index in [4.69, 9.17) is 5.26 Å². The molecule has 7 nitrogen and oxygen atoms in total. The summed E-state index contributed by atoms with van der Waals surface area (Å²) in [6.07, 6.45) is 3.80. The van der Waals surface area contributed by atoms with E-state index in [1.807, 2.05) is 10.3 Å². The van der Waals surface area contributed by atoms with E-state index in [1.165, 1.54) is 12.6 Å². The lowest BCUT2D eigenvalue weighted by Crippen LogP contribution is -2.39. The number of imide groups is 1. The molecule has 2 N–H and O–H groups in total. The maximum Gasteiger partial charge on any atom is 0.414 e. The van der Waals surface area contributed by atoms with Crippen molar-refractivity contribution in [2.24, 2.45) is 0 Å². The first kappa shape index (κ1) is 15.0. The van der Waals surface area contributed by atoms with Crippen molar-refractivity contribution in [1.29, 1.82) is 5.26 Å². The fourth-order valence-corrected chi connectivity index (χ4v) is 1.65. The van der Waals surface area contributed by atoms with E-state index >= 15 is 0 Å². The van der Waals surface area contributed by atoms with Crippen molar-refractivity contribution < 1.29 is 14.3 Å². The molecule has 1 aliphatic rings. The number of hydrazine groups is 1. The number of nitrogens with one attached hydrogen (secondary N) is 2. The summed E-state index contributed by atoms with van der Waals surface area (Å²) >= 11 is 0. The molecule has 1 aliphatic heterocycles. The normalized spacial score (nSPS) is 16.3. The zero-order valence-corrected chi connectivity index (χ0v) is 10.9. The van der Waals surface area contributed by atoms with Crippen LogP contribution in [0.2, 0.25) is 0 Å². The smallest absolute Gasteiger partial charge is 0.414 e. The van der Waals surface area contributed by atoms with Gasteiger partial charge in [-0.3, -0.25) is 10.1 Å². The Bertz CT molecular complexity index is 394. The highest BCUT2D eigenvalue weighted by molar-refractivity contribution is 6.04. The number of ether oxygens (including phenoxy) is 1. The Morgan fingerprint density at radius 2 is 2.05 bits per heavy atom. The second kappa shape index (κ2) is 8.11. The molecule has 1 fully saturated rings. The van der Waals surface area contributed by atoms with E-state index in [-0.39, 0.29) is 12.2 Å². The van der Waals surface area contributed by atoms with Crippen LogP contribution in [-0.4, -0.2) is 36.7 Å². The van der Waals surface area contributed by atoms with Gasteiger partial charge in [0.05, 0.1) is 6.61 Å². The number of nitrogens with zero attached hydrogens (tertiary/aromatic N) is 2. The van der Waals surface area contributed by atoms with Crippen LogP contribution >= 0.6 is 0 Å². The third-order valence-electron chi connectivity index (χ3n) is 2.60. The Morgan fingerprint density at radius 3 is 2.63 bits per heavy atom. The van der Waals surface area contributed by atoms with E-state index in [0.717, 1.165) is 25.9 Å². The molecule has 0 bridgehead atoms. The first-order valence-electron chi connectivity index (χ1n) is 6.27. The van der Waals surface area contributed by atoms with Crippen molar-refractivity contribution in [2.45, 2.75) is 26.2 Å². The fourth-order valence-electron chi connectivity index (χ4n) is 1.65. The molecule has 1 saturated heterocycles. The number of amides is 2. The summed E-state index contributed by atoms with van der Waals surface area (Å²) < 4.78 is 4.56. The van der Waals surface area contributed by atoms with Crippen LogP contribution in [0.3, 0.4) is 0 Å². The third kappa shape index (κ3) is 5.40. The van der Waals surface area contributed by atoms with Crippen LogP contribution < -0.4 is 10.7 Å². The molecule has 1 rings (SSSR count). The lowest BCUT2D eigenvalue weighted by atomic mass is 10.2. The van der Waals surface area contributed by atoms with Crippen molar-refractivity contribution in [1.82, 2.24) is 15.8 Å². The van der Waals surface area contributed by atoms with Crippen LogP contribution in [0.5, 0.6) is 0 Å². The largest absolute Gasteiger partial charge is 0.450 e. The maximum atomic E-state index is 11.6. The lowest BCUT2D eigenvalue weighted by molar-refractivity contribution is -0.116. The molecule has 1 heterocycles. The van der Waals surface area contributed by atoms with Gasteiger partial charge in [0.25, 0.3) is 5.91 Å². The summed E-state index contributed by atoms with van der Waals surface area (Å²) in [4.78, 5) is 22.6. The van der Waals surface area contributed by atoms with Crippen LogP contribution in [0.4, 0.5) is 4.79 Å². The summed E-state index contributed by atoms with van der Waals surface area (Å²) in [7, 11) is 0. The number of carbonyl (C=O) groups is 2. The second-order valence-corrected chi connectivity index (χ2v) is 4.02. The number of piperidine rings is 1. The fraction of sp³-hybridized carbons (Fsp3) is 0.583. The number of nitriles is 1. The van der Waals surface area contributed by atoms with Gasteiger partial charge in [-0.15, -0.1) is 0 Å². The summed E-state index contributed by atoms with van der Waals surface area (Å²) in [5.74, 6) is -0.773. The van der Waals surface area contributed by atoms with E-state index in [2.05, 4.69) is 10.2 Å². The minimum atomic E-state index is -0.855. The number of alkyl carbamates (subject to hydrolysis) is 1. The van der Waals surface area contributed by atoms with Gasteiger partial charge in [0.15, 0.2) is 0 Å². The minimum Gasteiger partial charge on any atom is -0.450 e. The van der Waals surface area contributed by atoms with Gasteiger partial charge >= 0.3 is 6.09 Å². The summed E-state index contributed by atoms with van der Waals surface area (Å²) in [6.45, 7) is 3.53.